The second-order valence-corrected chi connectivity index (χ2v) is 9.11. The number of thiazole rings is 1. The Balaban J connectivity index is 1.21. The number of anilines is 1. The van der Waals surface area contributed by atoms with Crippen molar-refractivity contribution in [1.82, 2.24) is 9.88 Å². The van der Waals surface area contributed by atoms with Crippen molar-refractivity contribution in [3.8, 4) is 0 Å². The van der Waals surface area contributed by atoms with Gasteiger partial charge in [-0.05, 0) is 31.4 Å². The Morgan fingerprint density at radius 2 is 1.85 bits per heavy atom. The van der Waals surface area contributed by atoms with Gasteiger partial charge in [0.1, 0.15) is 11.6 Å². The number of esters is 1. The van der Waals surface area contributed by atoms with Gasteiger partial charge in [0, 0.05) is 17.6 Å². The number of nitrogens with zero attached hydrogens (tertiary/aromatic N) is 2. The SMILES string of the molecule is Cc1ccccc1NC(=O)Cc1nc(COC(=O)CCN2C(=O)[C@H]3CC=CC[C@@H]3C2=O)cs1. The summed E-state index contributed by atoms with van der Waals surface area (Å²) in [5, 5.41) is 5.23. The summed E-state index contributed by atoms with van der Waals surface area (Å²) >= 11 is 1.32. The van der Waals surface area contributed by atoms with E-state index >= 15 is 0 Å². The van der Waals surface area contributed by atoms with Gasteiger partial charge in [0.05, 0.1) is 30.4 Å². The Labute approximate surface area is 195 Å². The molecule has 1 N–H and O–H groups in total. The largest absolute Gasteiger partial charge is 0.459 e. The lowest BCUT2D eigenvalue weighted by Gasteiger charge is -2.14. The average molecular weight is 468 g/mol. The topological polar surface area (TPSA) is 106 Å². The van der Waals surface area contributed by atoms with E-state index in [-0.39, 0.29) is 55.6 Å². The van der Waals surface area contributed by atoms with Crippen LogP contribution in [0.4, 0.5) is 5.69 Å². The molecule has 0 saturated carbocycles. The van der Waals surface area contributed by atoms with Crippen LogP contribution in [0.2, 0.25) is 0 Å². The van der Waals surface area contributed by atoms with E-state index in [0.29, 0.717) is 23.5 Å². The number of para-hydroxylation sites is 1. The van der Waals surface area contributed by atoms with Gasteiger partial charge >= 0.3 is 5.97 Å². The predicted molar refractivity (Wildman–Crippen MR) is 122 cm³/mol. The highest BCUT2D eigenvalue weighted by Gasteiger charge is 2.46. The molecular formula is C24H25N3O5S. The molecule has 1 fully saturated rings. The van der Waals surface area contributed by atoms with Crippen LogP contribution in [-0.4, -0.2) is 40.1 Å². The van der Waals surface area contributed by atoms with Crippen molar-refractivity contribution in [1.29, 1.82) is 0 Å². The molecule has 1 aliphatic carbocycles. The maximum absolute atomic E-state index is 12.4. The maximum Gasteiger partial charge on any atom is 0.307 e. The lowest BCUT2D eigenvalue weighted by Crippen LogP contribution is -2.33. The Kier molecular flexibility index (Phi) is 6.98. The number of likely N-dealkylation sites (tertiary alicyclic amines) is 1. The van der Waals surface area contributed by atoms with Gasteiger partial charge in [-0.25, -0.2) is 4.98 Å². The maximum atomic E-state index is 12.4. The number of aryl methyl sites for hydroxylation is 1. The molecule has 9 heteroatoms. The molecule has 3 amide bonds. The van der Waals surface area contributed by atoms with Gasteiger partial charge in [0.2, 0.25) is 17.7 Å². The lowest BCUT2D eigenvalue weighted by atomic mass is 9.85. The van der Waals surface area contributed by atoms with Crippen molar-refractivity contribution in [3.63, 3.8) is 0 Å². The third-order valence-electron chi connectivity index (χ3n) is 5.85. The van der Waals surface area contributed by atoms with Gasteiger partial charge in [0.25, 0.3) is 0 Å². The number of aromatic nitrogens is 1. The highest BCUT2D eigenvalue weighted by atomic mass is 32.1. The molecule has 2 aromatic rings. The van der Waals surface area contributed by atoms with Crippen molar-refractivity contribution in [2.24, 2.45) is 11.8 Å². The molecule has 1 aliphatic heterocycles. The van der Waals surface area contributed by atoms with E-state index in [9.17, 15) is 19.2 Å². The van der Waals surface area contributed by atoms with Crippen molar-refractivity contribution in [3.05, 3.63) is 58.1 Å². The minimum absolute atomic E-state index is 0.0220. The number of benzene rings is 1. The fourth-order valence-electron chi connectivity index (χ4n) is 4.06. The molecule has 2 atom stereocenters. The number of rotatable bonds is 8. The smallest absolute Gasteiger partial charge is 0.307 e. The van der Waals surface area contributed by atoms with Crippen molar-refractivity contribution in [2.75, 3.05) is 11.9 Å². The molecule has 0 spiro atoms. The first kappa shape index (κ1) is 22.8. The Morgan fingerprint density at radius 1 is 1.15 bits per heavy atom. The first-order valence-electron chi connectivity index (χ1n) is 10.9. The number of imide groups is 1. The minimum Gasteiger partial charge on any atom is -0.459 e. The van der Waals surface area contributed by atoms with E-state index in [1.807, 2.05) is 43.3 Å². The zero-order chi connectivity index (χ0) is 23.4. The van der Waals surface area contributed by atoms with Crippen LogP contribution in [0.5, 0.6) is 0 Å². The normalized spacial score (nSPS) is 19.5. The van der Waals surface area contributed by atoms with Crippen LogP contribution >= 0.6 is 11.3 Å². The summed E-state index contributed by atoms with van der Waals surface area (Å²) in [4.78, 5) is 54.9. The van der Waals surface area contributed by atoms with Crippen LogP contribution in [0.25, 0.3) is 0 Å². The van der Waals surface area contributed by atoms with Gasteiger partial charge in [0.15, 0.2) is 0 Å². The van der Waals surface area contributed by atoms with E-state index in [4.69, 9.17) is 4.74 Å². The van der Waals surface area contributed by atoms with Crippen LogP contribution < -0.4 is 5.32 Å². The molecule has 1 aromatic heterocycles. The van der Waals surface area contributed by atoms with Gasteiger partial charge in [-0.2, -0.15) is 0 Å². The molecule has 0 radical (unpaired) electrons. The first-order chi connectivity index (χ1) is 15.9. The molecule has 2 aliphatic rings. The number of hydrogen-bond donors (Lipinski definition) is 1. The Hall–Kier alpha value is -3.33. The third kappa shape index (κ3) is 5.36. The number of hydrogen-bond acceptors (Lipinski definition) is 7. The predicted octanol–water partition coefficient (Wildman–Crippen LogP) is 3.02. The molecule has 0 bridgehead atoms. The van der Waals surface area contributed by atoms with Crippen molar-refractivity contribution in [2.45, 2.75) is 39.2 Å². The highest BCUT2D eigenvalue weighted by molar-refractivity contribution is 7.09. The third-order valence-corrected chi connectivity index (χ3v) is 6.75. The van der Waals surface area contributed by atoms with Crippen molar-refractivity contribution < 1.29 is 23.9 Å². The summed E-state index contributed by atoms with van der Waals surface area (Å²) < 4.78 is 5.25. The molecule has 1 aromatic carbocycles. The Morgan fingerprint density at radius 3 is 2.55 bits per heavy atom. The summed E-state index contributed by atoms with van der Waals surface area (Å²) in [7, 11) is 0. The molecular weight excluding hydrogens is 442 g/mol. The fraction of sp³-hybridized carbons (Fsp3) is 0.375. The number of allylic oxidation sites excluding steroid dienone is 2. The van der Waals surface area contributed by atoms with E-state index < -0.39 is 5.97 Å². The summed E-state index contributed by atoms with van der Waals surface area (Å²) in [5.41, 5.74) is 2.29. The summed E-state index contributed by atoms with van der Waals surface area (Å²) in [6.45, 7) is 1.93. The zero-order valence-electron chi connectivity index (χ0n) is 18.3. The molecule has 1 saturated heterocycles. The molecule has 2 heterocycles. The minimum atomic E-state index is -0.504. The quantitative estimate of drug-likeness (QED) is 0.363. The number of ether oxygens (including phenoxy) is 1. The zero-order valence-corrected chi connectivity index (χ0v) is 19.1. The van der Waals surface area contributed by atoms with E-state index in [2.05, 4.69) is 10.3 Å². The molecule has 4 rings (SSSR count). The van der Waals surface area contributed by atoms with Crippen LogP contribution in [0.15, 0.2) is 41.8 Å². The number of nitrogens with one attached hydrogen (secondary N) is 1. The number of carbonyl (C=O) groups is 4. The van der Waals surface area contributed by atoms with Crippen LogP contribution in [-0.2, 0) is 36.9 Å². The molecule has 0 unspecified atom stereocenters. The number of amides is 3. The summed E-state index contributed by atoms with van der Waals surface area (Å²) in [5.74, 6) is -1.66. The van der Waals surface area contributed by atoms with Gasteiger partial charge in [-0.1, -0.05) is 30.4 Å². The van der Waals surface area contributed by atoms with Gasteiger partial charge in [-0.15, -0.1) is 11.3 Å². The van der Waals surface area contributed by atoms with Crippen LogP contribution in [0, 0.1) is 18.8 Å². The van der Waals surface area contributed by atoms with Gasteiger partial charge in [-0.3, -0.25) is 24.1 Å². The molecule has 172 valence electrons. The Bertz CT molecular complexity index is 1080. The highest BCUT2D eigenvalue weighted by Crippen LogP contribution is 2.35. The van der Waals surface area contributed by atoms with Crippen molar-refractivity contribution >= 4 is 40.7 Å². The van der Waals surface area contributed by atoms with Crippen LogP contribution in [0.3, 0.4) is 0 Å². The fourth-order valence-corrected chi connectivity index (χ4v) is 4.84. The van der Waals surface area contributed by atoms with E-state index in [1.165, 1.54) is 16.2 Å². The van der Waals surface area contributed by atoms with Gasteiger partial charge < -0.3 is 10.1 Å². The number of fused-ring (bicyclic) bond motifs is 1. The average Bonchev–Trinajstić information content (AvgIpc) is 3.35. The summed E-state index contributed by atoms with van der Waals surface area (Å²) in [6.07, 6.45) is 5.08. The monoisotopic (exact) mass is 467 g/mol. The second-order valence-electron chi connectivity index (χ2n) is 8.17. The summed E-state index contributed by atoms with van der Waals surface area (Å²) in [6, 6.07) is 7.53. The second kappa shape index (κ2) is 10.1. The van der Waals surface area contributed by atoms with E-state index in [0.717, 1.165) is 11.3 Å². The molecule has 33 heavy (non-hydrogen) atoms. The van der Waals surface area contributed by atoms with Crippen LogP contribution in [0.1, 0.15) is 35.5 Å². The molecule has 8 nitrogen and oxygen atoms in total. The standard InChI is InChI=1S/C24H25N3O5S/c1-15-6-2-5-9-19(15)26-20(28)12-21-25-16(14-33-21)13-32-22(29)10-11-27-23(30)17-7-3-4-8-18(17)24(27)31/h2-6,9,14,17-18H,7-8,10-13H2,1H3,(H,26,28)/t17-,18-/m0/s1. The first-order valence-corrected chi connectivity index (χ1v) is 11.7. The lowest BCUT2D eigenvalue weighted by molar-refractivity contribution is -0.147. The number of carbonyl (C=O) groups excluding carboxylic acids is 4. The van der Waals surface area contributed by atoms with E-state index in [1.54, 1.807) is 5.38 Å².